The van der Waals surface area contributed by atoms with Gasteiger partial charge < -0.3 is 9.64 Å². The number of anilines is 1. The topological polar surface area (TPSA) is 65.2 Å². The molecule has 0 amide bonds. The second-order valence-electron chi connectivity index (χ2n) is 5.88. The van der Waals surface area contributed by atoms with Crippen LogP contribution in [0.2, 0.25) is 0 Å². The van der Waals surface area contributed by atoms with Gasteiger partial charge in [-0.3, -0.25) is 0 Å². The molecule has 7 nitrogen and oxygen atoms in total. The minimum absolute atomic E-state index is 0.112. The summed E-state index contributed by atoms with van der Waals surface area (Å²) in [4.78, 5) is 14.5. The van der Waals surface area contributed by atoms with Crippen molar-refractivity contribution >= 4 is 5.69 Å². The van der Waals surface area contributed by atoms with Crippen molar-refractivity contribution in [2.45, 2.75) is 31.8 Å². The zero-order valence-corrected chi connectivity index (χ0v) is 13.5. The van der Waals surface area contributed by atoms with Gasteiger partial charge in [-0.25, -0.2) is 4.79 Å². The van der Waals surface area contributed by atoms with E-state index < -0.39 is 0 Å². The summed E-state index contributed by atoms with van der Waals surface area (Å²) in [5.41, 5.74) is 1.06. The lowest BCUT2D eigenvalue weighted by Gasteiger charge is -2.20. The van der Waals surface area contributed by atoms with Crippen molar-refractivity contribution in [1.29, 1.82) is 0 Å². The maximum atomic E-state index is 12.4. The van der Waals surface area contributed by atoms with E-state index in [1.807, 2.05) is 18.2 Å². The Kier molecular flexibility index (Phi) is 5.07. The van der Waals surface area contributed by atoms with E-state index in [1.165, 1.54) is 15.1 Å². The van der Waals surface area contributed by atoms with E-state index >= 15 is 0 Å². The molecule has 23 heavy (non-hydrogen) atoms. The standard InChI is InChI=1S/C16H23N5O2/c1-19(14-6-3-2-4-7-14)10-5-11-20-16(22)21(18-17-20)15-8-12-23-13-9-15/h2-4,6-7,15H,5,8-13H2,1H3. The van der Waals surface area contributed by atoms with Crippen molar-refractivity contribution < 1.29 is 4.74 Å². The third kappa shape index (κ3) is 3.79. The molecule has 2 heterocycles. The van der Waals surface area contributed by atoms with Crippen molar-refractivity contribution in [2.24, 2.45) is 0 Å². The fraction of sp³-hybridized carbons (Fsp3) is 0.562. The number of para-hydroxylation sites is 1. The molecule has 1 aromatic carbocycles. The maximum absolute atomic E-state index is 12.4. The Labute approximate surface area is 135 Å². The first-order valence-corrected chi connectivity index (χ1v) is 8.12. The van der Waals surface area contributed by atoms with Crippen LogP contribution in [0.4, 0.5) is 5.69 Å². The first-order valence-electron chi connectivity index (χ1n) is 8.12. The third-order valence-electron chi connectivity index (χ3n) is 4.26. The molecule has 3 rings (SSSR count). The molecule has 0 N–H and O–H groups in total. The highest BCUT2D eigenvalue weighted by molar-refractivity contribution is 5.44. The van der Waals surface area contributed by atoms with E-state index in [9.17, 15) is 4.79 Å². The van der Waals surface area contributed by atoms with Gasteiger partial charge >= 0.3 is 5.69 Å². The summed E-state index contributed by atoms with van der Waals surface area (Å²) >= 11 is 0. The molecule has 1 aliphatic rings. The highest BCUT2D eigenvalue weighted by atomic mass is 16.5. The van der Waals surface area contributed by atoms with Gasteiger partial charge in [0.25, 0.3) is 0 Å². The van der Waals surface area contributed by atoms with Gasteiger partial charge in [0, 0.05) is 39.0 Å². The van der Waals surface area contributed by atoms with Crippen LogP contribution in [0.25, 0.3) is 0 Å². The summed E-state index contributed by atoms with van der Waals surface area (Å²) in [5.74, 6) is 0. The second-order valence-corrected chi connectivity index (χ2v) is 5.88. The van der Waals surface area contributed by atoms with Crippen molar-refractivity contribution in [3.05, 3.63) is 40.8 Å². The number of tetrazole rings is 1. The minimum atomic E-state index is -0.112. The van der Waals surface area contributed by atoms with Gasteiger partial charge in [0.15, 0.2) is 0 Å². The number of rotatable bonds is 6. The average Bonchev–Trinajstić information content (AvgIpc) is 2.97. The van der Waals surface area contributed by atoms with Gasteiger partial charge in [0.2, 0.25) is 0 Å². The first kappa shape index (κ1) is 15.7. The molecule has 7 heteroatoms. The lowest BCUT2D eigenvalue weighted by Crippen LogP contribution is -2.32. The molecule has 2 aromatic rings. The Morgan fingerprint density at radius 2 is 1.96 bits per heavy atom. The summed E-state index contributed by atoms with van der Waals surface area (Å²) in [6.45, 7) is 2.82. The average molecular weight is 317 g/mol. The number of hydrogen-bond donors (Lipinski definition) is 0. The van der Waals surface area contributed by atoms with Crippen LogP contribution in [-0.4, -0.2) is 46.6 Å². The molecule has 0 radical (unpaired) electrons. The number of ether oxygens (including phenoxy) is 1. The van der Waals surface area contributed by atoms with Crippen LogP contribution in [0.1, 0.15) is 25.3 Å². The van der Waals surface area contributed by atoms with E-state index in [4.69, 9.17) is 4.74 Å². The molecule has 1 aromatic heterocycles. The maximum Gasteiger partial charge on any atom is 0.363 e. The van der Waals surface area contributed by atoms with Gasteiger partial charge in [-0.05, 0) is 41.8 Å². The van der Waals surface area contributed by atoms with Crippen LogP contribution in [0.15, 0.2) is 35.1 Å². The molecule has 0 saturated carbocycles. The van der Waals surface area contributed by atoms with E-state index in [-0.39, 0.29) is 11.7 Å². The molecular weight excluding hydrogens is 294 g/mol. The Bertz CT molecular complexity index is 661. The number of hydrogen-bond acceptors (Lipinski definition) is 5. The molecular formula is C16H23N5O2. The Hall–Kier alpha value is -2.15. The van der Waals surface area contributed by atoms with Gasteiger partial charge in [-0.2, -0.15) is 9.36 Å². The summed E-state index contributed by atoms with van der Waals surface area (Å²) in [7, 11) is 2.05. The van der Waals surface area contributed by atoms with Crippen LogP contribution >= 0.6 is 0 Å². The fourth-order valence-corrected chi connectivity index (χ4v) is 2.85. The van der Waals surface area contributed by atoms with E-state index in [0.717, 1.165) is 25.8 Å². The van der Waals surface area contributed by atoms with Crippen molar-refractivity contribution in [3.63, 3.8) is 0 Å². The SMILES string of the molecule is CN(CCCn1nnn(C2CCOCC2)c1=O)c1ccccc1. The second kappa shape index (κ2) is 7.41. The normalized spacial score (nSPS) is 15.7. The smallest absolute Gasteiger partial charge is 0.363 e. The van der Waals surface area contributed by atoms with E-state index in [0.29, 0.717) is 19.8 Å². The molecule has 0 aliphatic carbocycles. The molecule has 0 unspecified atom stereocenters. The Morgan fingerprint density at radius 1 is 1.22 bits per heavy atom. The largest absolute Gasteiger partial charge is 0.381 e. The predicted octanol–water partition coefficient (Wildman–Crippen LogP) is 1.32. The molecule has 1 saturated heterocycles. The van der Waals surface area contributed by atoms with Crippen molar-refractivity contribution in [1.82, 2.24) is 19.8 Å². The van der Waals surface area contributed by atoms with E-state index in [2.05, 4.69) is 34.5 Å². The number of aromatic nitrogens is 4. The highest BCUT2D eigenvalue weighted by Gasteiger charge is 2.20. The van der Waals surface area contributed by atoms with Gasteiger partial charge in [-0.1, -0.05) is 18.2 Å². The fourth-order valence-electron chi connectivity index (χ4n) is 2.85. The predicted molar refractivity (Wildman–Crippen MR) is 87.7 cm³/mol. The molecule has 1 aliphatic heterocycles. The van der Waals surface area contributed by atoms with Crippen LogP contribution < -0.4 is 10.6 Å². The molecule has 1 fully saturated rings. The monoisotopic (exact) mass is 317 g/mol. The first-order chi connectivity index (χ1) is 11.3. The van der Waals surface area contributed by atoms with Crippen LogP contribution in [0.3, 0.4) is 0 Å². The Morgan fingerprint density at radius 3 is 2.70 bits per heavy atom. The number of aryl methyl sites for hydroxylation is 1. The number of nitrogens with zero attached hydrogens (tertiary/aromatic N) is 5. The zero-order chi connectivity index (χ0) is 16.1. The van der Waals surface area contributed by atoms with Gasteiger partial charge in [-0.15, -0.1) is 0 Å². The summed E-state index contributed by atoms with van der Waals surface area (Å²) in [6, 6.07) is 10.3. The van der Waals surface area contributed by atoms with Gasteiger partial charge in [0.05, 0.1) is 6.04 Å². The minimum Gasteiger partial charge on any atom is -0.381 e. The van der Waals surface area contributed by atoms with Crippen LogP contribution in [0, 0.1) is 0 Å². The summed E-state index contributed by atoms with van der Waals surface area (Å²) in [6.07, 6.45) is 2.50. The number of benzene rings is 1. The molecule has 0 bridgehead atoms. The lowest BCUT2D eigenvalue weighted by atomic mass is 10.1. The molecule has 0 atom stereocenters. The van der Waals surface area contributed by atoms with Crippen molar-refractivity contribution in [3.8, 4) is 0 Å². The molecule has 0 spiro atoms. The van der Waals surface area contributed by atoms with Crippen LogP contribution in [0.5, 0.6) is 0 Å². The van der Waals surface area contributed by atoms with Crippen molar-refractivity contribution in [2.75, 3.05) is 31.7 Å². The molecule has 124 valence electrons. The summed E-state index contributed by atoms with van der Waals surface area (Å²) < 4.78 is 8.31. The zero-order valence-electron chi connectivity index (χ0n) is 13.5. The van der Waals surface area contributed by atoms with E-state index in [1.54, 1.807) is 0 Å². The quantitative estimate of drug-likeness (QED) is 0.804. The highest BCUT2D eigenvalue weighted by Crippen LogP contribution is 2.17. The lowest BCUT2D eigenvalue weighted by molar-refractivity contribution is 0.0647. The van der Waals surface area contributed by atoms with Crippen LogP contribution in [-0.2, 0) is 11.3 Å². The Balaban J connectivity index is 1.54. The summed E-state index contributed by atoms with van der Waals surface area (Å²) in [5, 5.41) is 8.06. The van der Waals surface area contributed by atoms with Gasteiger partial charge in [0.1, 0.15) is 0 Å². The third-order valence-corrected chi connectivity index (χ3v) is 4.26.